The number of hydrogen-bond donors (Lipinski definition) is 2. The van der Waals surface area contributed by atoms with Crippen molar-refractivity contribution in [3.8, 4) is 0 Å². The van der Waals surface area contributed by atoms with Gasteiger partial charge < -0.3 is 5.32 Å². The Morgan fingerprint density at radius 1 is 1.56 bits per heavy atom. The number of aromatic nitrogens is 3. The van der Waals surface area contributed by atoms with Crippen LogP contribution in [0.5, 0.6) is 0 Å². The van der Waals surface area contributed by atoms with Gasteiger partial charge in [0.25, 0.3) is 5.91 Å². The summed E-state index contributed by atoms with van der Waals surface area (Å²) in [4.78, 5) is 16.1. The van der Waals surface area contributed by atoms with Crippen LogP contribution in [0.2, 0.25) is 0 Å². The Labute approximate surface area is 112 Å². The highest BCUT2D eigenvalue weighted by Gasteiger charge is 2.22. The van der Waals surface area contributed by atoms with Crippen LogP contribution in [0.3, 0.4) is 0 Å². The third-order valence-electron chi connectivity index (χ3n) is 2.91. The summed E-state index contributed by atoms with van der Waals surface area (Å²) in [5.74, 6) is 2.00. The highest BCUT2D eigenvalue weighted by atomic mass is 32.2. The average Bonchev–Trinajstić information content (AvgIpc) is 2.96. The molecule has 1 unspecified atom stereocenters. The molecule has 2 heterocycles. The third kappa shape index (κ3) is 3.25. The topological polar surface area (TPSA) is 70.7 Å². The molecule has 1 atom stereocenters. The number of nitrogens with zero attached hydrogens (tertiary/aromatic N) is 2. The van der Waals surface area contributed by atoms with E-state index in [4.69, 9.17) is 0 Å². The number of amides is 1. The summed E-state index contributed by atoms with van der Waals surface area (Å²) < 4.78 is 0. The van der Waals surface area contributed by atoms with Crippen LogP contribution in [-0.2, 0) is 5.41 Å². The van der Waals surface area contributed by atoms with Gasteiger partial charge in [-0.05, 0) is 18.6 Å². The minimum absolute atomic E-state index is 0.118. The molecule has 100 valence electrons. The Morgan fingerprint density at radius 3 is 2.89 bits per heavy atom. The first-order chi connectivity index (χ1) is 8.47. The number of H-pyrrole nitrogens is 1. The van der Waals surface area contributed by atoms with Gasteiger partial charge in [0.05, 0.1) is 0 Å². The zero-order valence-corrected chi connectivity index (χ0v) is 11.9. The molecular formula is C12H20N4OS. The monoisotopic (exact) mass is 268 g/mol. The molecule has 0 radical (unpaired) electrons. The van der Waals surface area contributed by atoms with Crippen molar-refractivity contribution < 1.29 is 4.79 Å². The molecule has 2 rings (SSSR count). The second-order valence-electron chi connectivity index (χ2n) is 5.60. The van der Waals surface area contributed by atoms with Gasteiger partial charge in [0.15, 0.2) is 0 Å². The molecule has 0 spiro atoms. The van der Waals surface area contributed by atoms with Crippen molar-refractivity contribution in [3.05, 3.63) is 11.6 Å². The maximum Gasteiger partial charge on any atom is 0.290 e. The van der Waals surface area contributed by atoms with E-state index in [9.17, 15) is 4.79 Å². The predicted octanol–water partition coefficient (Wildman–Crippen LogP) is 1.73. The Bertz CT molecular complexity index is 418. The van der Waals surface area contributed by atoms with Gasteiger partial charge in [0.1, 0.15) is 5.82 Å². The third-order valence-corrected chi connectivity index (χ3v) is 4.31. The smallest absolute Gasteiger partial charge is 0.290 e. The fourth-order valence-electron chi connectivity index (χ4n) is 1.79. The first-order valence-electron chi connectivity index (χ1n) is 6.29. The van der Waals surface area contributed by atoms with Crippen LogP contribution in [0.1, 0.15) is 50.1 Å². The lowest BCUT2D eigenvalue weighted by atomic mass is 9.96. The normalized spacial score (nSPS) is 20.1. The van der Waals surface area contributed by atoms with E-state index in [1.165, 1.54) is 18.6 Å². The van der Waals surface area contributed by atoms with Crippen LogP contribution in [-0.4, -0.2) is 38.6 Å². The first-order valence-corrected chi connectivity index (χ1v) is 7.34. The fourth-order valence-corrected chi connectivity index (χ4v) is 2.99. The molecule has 5 nitrogen and oxygen atoms in total. The molecule has 6 heteroatoms. The number of rotatable bonds is 3. The number of aromatic amines is 1. The second kappa shape index (κ2) is 5.30. The molecule has 1 aromatic heterocycles. The molecule has 1 aliphatic rings. The van der Waals surface area contributed by atoms with Crippen molar-refractivity contribution >= 4 is 17.7 Å². The maximum absolute atomic E-state index is 11.9. The Hall–Kier alpha value is -1.04. The Morgan fingerprint density at radius 2 is 2.33 bits per heavy atom. The molecule has 2 N–H and O–H groups in total. The van der Waals surface area contributed by atoms with Crippen LogP contribution < -0.4 is 5.32 Å². The van der Waals surface area contributed by atoms with Gasteiger partial charge in [-0.2, -0.15) is 11.8 Å². The first kappa shape index (κ1) is 13.4. The van der Waals surface area contributed by atoms with Gasteiger partial charge in [-0.1, -0.05) is 20.8 Å². The average molecular weight is 268 g/mol. The standard InChI is InChI=1S/C12H20N4OS/c1-12(2,3)11-14-9(15-16-11)10(17)13-7-8-5-4-6-18-8/h8H,4-7H2,1-3H3,(H,13,17)(H,14,15,16). The molecule has 0 aromatic carbocycles. The number of thioether (sulfide) groups is 1. The van der Waals surface area contributed by atoms with Crippen molar-refractivity contribution in [2.24, 2.45) is 0 Å². The molecule has 0 aliphatic carbocycles. The summed E-state index contributed by atoms with van der Waals surface area (Å²) in [5, 5.41) is 10.3. The van der Waals surface area contributed by atoms with Gasteiger partial charge in [-0.15, -0.1) is 5.10 Å². The molecule has 0 saturated carbocycles. The molecule has 1 aliphatic heterocycles. The van der Waals surface area contributed by atoms with Gasteiger partial charge >= 0.3 is 0 Å². The number of nitrogens with one attached hydrogen (secondary N) is 2. The molecule has 1 fully saturated rings. The SMILES string of the molecule is CC(C)(C)c1nc(C(=O)NCC2CCCS2)n[nH]1. The largest absolute Gasteiger partial charge is 0.348 e. The molecule has 1 saturated heterocycles. The lowest BCUT2D eigenvalue weighted by molar-refractivity contribution is 0.0943. The van der Waals surface area contributed by atoms with Crippen molar-refractivity contribution in [2.75, 3.05) is 12.3 Å². The van der Waals surface area contributed by atoms with E-state index >= 15 is 0 Å². The van der Waals surface area contributed by atoms with E-state index in [0.29, 0.717) is 11.8 Å². The van der Waals surface area contributed by atoms with Crippen molar-refractivity contribution in [1.29, 1.82) is 0 Å². The lowest BCUT2D eigenvalue weighted by Crippen LogP contribution is -2.30. The summed E-state index contributed by atoms with van der Waals surface area (Å²) in [6, 6.07) is 0. The Balaban J connectivity index is 1.90. The van der Waals surface area contributed by atoms with E-state index in [-0.39, 0.29) is 17.1 Å². The number of carbonyl (C=O) groups is 1. The maximum atomic E-state index is 11.9. The van der Waals surface area contributed by atoms with E-state index < -0.39 is 0 Å². The van der Waals surface area contributed by atoms with Crippen molar-refractivity contribution in [2.45, 2.75) is 44.3 Å². The number of carbonyl (C=O) groups excluding carboxylic acids is 1. The molecule has 1 aromatic rings. The van der Waals surface area contributed by atoms with Gasteiger partial charge in [0.2, 0.25) is 5.82 Å². The van der Waals surface area contributed by atoms with Crippen LogP contribution in [0.25, 0.3) is 0 Å². The van der Waals surface area contributed by atoms with E-state index in [1.54, 1.807) is 0 Å². The Kier molecular flexibility index (Phi) is 3.94. The summed E-state index contributed by atoms with van der Waals surface area (Å²) in [7, 11) is 0. The zero-order valence-electron chi connectivity index (χ0n) is 11.1. The second-order valence-corrected chi connectivity index (χ2v) is 7.01. The highest BCUT2D eigenvalue weighted by molar-refractivity contribution is 8.00. The quantitative estimate of drug-likeness (QED) is 0.876. The van der Waals surface area contributed by atoms with Crippen LogP contribution in [0.4, 0.5) is 0 Å². The van der Waals surface area contributed by atoms with Gasteiger partial charge in [-0.25, -0.2) is 4.98 Å². The molecule has 0 bridgehead atoms. The fraction of sp³-hybridized carbons (Fsp3) is 0.750. The molecular weight excluding hydrogens is 248 g/mol. The zero-order chi connectivity index (χ0) is 13.2. The number of hydrogen-bond acceptors (Lipinski definition) is 4. The summed E-state index contributed by atoms with van der Waals surface area (Å²) >= 11 is 1.93. The molecule has 1 amide bonds. The van der Waals surface area contributed by atoms with Crippen molar-refractivity contribution in [1.82, 2.24) is 20.5 Å². The van der Waals surface area contributed by atoms with Crippen LogP contribution >= 0.6 is 11.8 Å². The van der Waals surface area contributed by atoms with Crippen LogP contribution in [0.15, 0.2) is 0 Å². The van der Waals surface area contributed by atoms with E-state index in [2.05, 4.69) is 20.5 Å². The predicted molar refractivity (Wildman–Crippen MR) is 72.9 cm³/mol. The van der Waals surface area contributed by atoms with Crippen LogP contribution in [0, 0.1) is 0 Å². The lowest BCUT2D eigenvalue weighted by Gasteiger charge is -2.12. The van der Waals surface area contributed by atoms with E-state index in [0.717, 1.165) is 5.82 Å². The summed E-state index contributed by atoms with van der Waals surface area (Å²) in [6.45, 7) is 6.81. The van der Waals surface area contributed by atoms with E-state index in [1.807, 2.05) is 32.5 Å². The summed E-state index contributed by atoms with van der Waals surface area (Å²) in [6.07, 6.45) is 2.44. The minimum Gasteiger partial charge on any atom is -0.348 e. The van der Waals surface area contributed by atoms with Gasteiger partial charge in [0, 0.05) is 17.2 Å². The molecule has 18 heavy (non-hydrogen) atoms. The minimum atomic E-state index is -0.186. The summed E-state index contributed by atoms with van der Waals surface area (Å²) in [5.41, 5.74) is -0.118. The highest BCUT2D eigenvalue weighted by Crippen LogP contribution is 2.25. The van der Waals surface area contributed by atoms with Gasteiger partial charge in [-0.3, -0.25) is 9.89 Å². The van der Waals surface area contributed by atoms with Crippen molar-refractivity contribution in [3.63, 3.8) is 0 Å².